The standard InChI is InChI=1S/C17H16FNO.C16H15NO.2C15H18N2O2.C14H14F2N2O.C14H15FN2O2.C14H15FN2O.C12H12FN3O/c1-11(2)13-7-14(10-19)12(3)17(8-13)20-16-6-4-5-15(18)9-16;1-12(2)14-8-13(11-17)9-16(10-14)18-15-6-4-3-5-7-15;1-10(2)15-16-11(3)9-14(17-15)19-13-7-5-12(18-4)6-8-13;1-10(2)15-16-11(3)8-14(17-15)19-13-7-5-6-12(9-13)18-4;1-8(2)14-17-9(3)4-13(18-14)19-12-6-10(15)5-11(16)7-12;1-9(2)12-8-13(18-3)17-14(16-12)19-11-6-4-5-10(15)7-11;1-9(2)13-16-8-10(3)14(17-13)18-12-6-4-5-11(15)7-12;1-8(2)11-7-14-16-12(15-11)17-10-5-3-4-9(13)6-10/h4-9,11H,1-3H3;3-10,12H,1-2H3;2*5-10H,1-4H3;4-8H,1-3H3;4-9H,1-3H3;4-9H,1-3H3;3-8H,1-2H3. The number of benzene rings is 10. The molecular formula is C117H123F6N15O11. The molecule has 0 unspecified atom stereocenters. The molecule has 149 heavy (non-hydrogen) atoms. The Hall–Kier alpha value is -17.0. The third kappa shape index (κ3) is 39.1. The van der Waals surface area contributed by atoms with E-state index in [0.717, 1.165) is 104 Å². The summed E-state index contributed by atoms with van der Waals surface area (Å²) >= 11 is 0. The lowest BCUT2D eigenvalue weighted by Crippen LogP contribution is -2.01. The van der Waals surface area contributed by atoms with Crippen molar-refractivity contribution < 1.29 is 78.4 Å². The van der Waals surface area contributed by atoms with Crippen molar-refractivity contribution in [1.29, 1.82) is 10.5 Å². The highest BCUT2D eigenvalue weighted by molar-refractivity contribution is 5.52. The molecule has 26 nitrogen and oxygen atoms in total. The predicted octanol–water partition coefficient (Wildman–Crippen LogP) is 31.1. The first-order valence-electron chi connectivity index (χ1n) is 48.0. The van der Waals surface area contributed by atoms with Crippen LogP contribution in [0.5, 0.6) is 110 Å². The molecule has 16 aromatic rings. The SMILES string of the molecule is CC(C)c1cc(C#N)cc(Oc2ccccc2)c1.CC(C)c1cnnc(Oc2cccc(F)c2)n1.COc1cc(C(C)C)nc(Oc2cccc(F)c2)n1.COc1ccc(Oc2cc(C)nc(C(C)C)n2)cc1.COc1cccc(Oc2cc(C)nc(C(C)C)n2)c1.Cc1c(C#N)cc(C(C)C)cc1Oc1cccc(F)c1.Cc1cc(Oc2cc(F)cc(F)c2)nc(C(C)C)n1.Cc1cnc(C(C)C)nc1Oc1cccc(F)c1. The Balaban J connectivity index is 0.000000189. The van der Waals surface area contributed by atoms with Crippen LogP contribution in [0.25, 0.3) is 0 Å². The van der Waals surface area contributed by atoms with Crippen molar-refractivity contribution in [2.45, 2.75) is 193 Å². The molecule has 6 aromatic heterocycles. The zero-order chi connectivity index (χ0) is 109. The van der Waals surface area contributed by atoms with E-state index in [1.54, 1.807) is 93.3 Å². The number of ether oxygens (including phenoxy) is 11. The van der Waals surface area contributed by atoms with Gasteiger partial charge in [0, 0.05) is 131 Å². The summed E-state index contributed by atoms with van der Waals surface area (Å²) in [6.45, 7) is 41.9. The Morgan fingerprint density at radius 2 is 0.678 bits per heavy atom. The molecule has 0 saturated heterocycles. The average Bonchev–Trinajstić information content (AvgIpc) is 0.811. The summed E-state index contributed by atoms with van der Waals surface area (Å²) in [7, 11) is 4.79. The smallest absolute Gasteiger partial charge is 0.341 e. The van der Waals surface area contributed by atoms with E-state index < -0.39 is 11.6 Å². The number of methoxy groups -OCH3 is 3. The number of para-hydroxylation sites is 1. The Labute approximate surface area is 867 Å². The second-order valence-electron chi connectivity index (χ2n) is 36.0. The van der Waals surface area contributed by atoms with Crippen molar-refractivity contribution in [1.82, 2.24) is 65.0 Å². The van der Waals surface area contributed by atoms with Gasteiger partial charge in [-0.1, -0.05) is 164 Å². The summed E-state index contributed by atoms with van der Waals surface area (Å²) in [5, 5.41) is 25.8. The molecule has 0 atom stereocenters. The number of nitrogens with zero attached hydrogens (tertiary/aromatic N) is 15. The largest absolute Gasteiger partial charge is 0.497 e. The van der Waals surface area contributed by atoms with Gasteiger partial charge in [0.1, 0.15) is 127 Å². The number of aromatic nitrogens is 13. The maximum absolute atomic E-state index is 13.2. The summed E-state index contributed by atoms with van der Waals surface area (Å²) < 4.78 is 139. The van der Waals surface area contributed by atoms with Gasteiger partial charge in [-0.2, -0.15) is 50.5 Å². The van der Waals surface area contributed by atoms with E-state index in [9.17, 15) is 31.6 Å². The molecule has 774 valence electrons. The van der Waals surface area contributed by atoms with Crippen LogP contribution in [0.2, 0.25) is 0 Å². The van der Waals surface area contributed by atoms with Gasteiger partial charge >= 0.3 is 12.0 Å². The molecule has 6 heterocycles. The Morgan fingerprint density at radius 1 is 0.268 bits per heavy atom. The molecule has 0 radical (unpaired) electrons. The van der Waals surface area contributed by atoms with E-state index in [1.165, 1.54) is 55.6 Å². The van der Waals surface area contributed by atoms with Crippen molar-refractivity contribution in [3.8, 4) is 123 Å². The lowest BCUT2D eigenvalue weighted by molar-refractivity contribution is 0.373. The summed E-state index contributed by atoms with van der Waals surface area (Å²) in [4.78, 5) is 47.2. The number of hydrogen-bond acceptors (Lipinski definition) is 26. The lowest BCUT2D eigenvalue weighted by atomic mass is 9.97. The van der Waals surface area contributed by atoms with E-state index >= 15 is 0 Å². The van der Waals surface area contributed by atoms with Crippen LogP contribution in [0.15, 0.2) is 261 Å². The van der Waals surface area contributed by atoms with Crippen LogP contribution in [0.3, 0.4) is 0 Å². The van der Waals surface area contributed by atoms with Crippen LogP contribution in [0.1, 0.15) is 243 Å². The van der Waals surface area contributed by atoms with Gasteiger partial charge in [0.25, 0.3) is 0 Å². The van der Waals surface area contributed by atoms with Crippen LogP contribution >= 0.6 is 0 Å². The molecule has 0 N–H and O–H groups in total. The van der Waals surface area contributed by atoms with Gasteiger partial charge in [0.15, 0.2) is 0 Å². The van der Waals surface area contributed by atoms with Crippen molar-refractivity contribution in [2.75, 3.05) is 21.3 Å². The average molecular weight is 2030 g/mol. The zero-order valence-electron chi connectivity index (χ0n) is 87.9. The van der Waals surface area contributed by atoms with Crippen molar-refractivity contribution >= 4 is 0 Å². The summed E-state index contributed by atoms with van der Waals surface area (Å²) in [5.41, 5.74) is 9.08. The maximum Gasteiger partial charge on any atom is 0.341 e. The van der Waals surface area contributed by atoms with Crippen LogP contribution in [-0.2, 0) is 0 Å². The highest BCUT2D eigenvalue weighted by Gasteiger charge is 2.19. The van der Waals surface area contributed by atoms with Crippen molar-refractivity contribution in [3.63, 3.8) is 0 Å². The third-order valence-corrected chi connectivity index (χ3v) is 20.7. The van der Waals surface area contributed by atoms with E-state index in [-0.39, 0.29) is 88.3 Å². The number of aryl methyl sites for hydroxylation is 4. The maximum atomic E-state index is 13.2. The van der Waals surface area contributed by atoms with Crippen molar-refractivity contribution in [3.05, 3.63) is 381 Å². The molecule has 0 bridgehead atoms. The monoisotopic (exact) mass is 2030 g/mol. The van der Waals surface area contributed by atoms with Gasteiger partial charge in [-0.05, 0) is 197 Å². The molecule has 0 aliphatic heterocycles. The van der Waals surface area contributed by atoms with Crippen LogP contribution in [0.4, 0.5) is 26.3 Å². The minimum Gasteiger partial charge on any atom is -0.497 e. The highest BCUT2D eigenvalue weighted by atomic mass is 19.1. The molecule has 0 spiro atoms. The fraction of sp³-hybridized carbons (Fsp3) is 0.274. The van der Waals surface area contributed by atoms with E-state index in [4.69, 9.17) is 57.4 Å². The Kier molecular flexibility index (Phi) is 44.7. The second kappa shape index (κ2) is 57.6. The van der Waals surface area contributed by atoms with E-state index in [2.05, 4.69) is 133 Å². The van der Waals surface area contributed by atoms with Crippen molar-refractivity contribution in [2.24, 2.45) is 0 Å². The number of rotatable bonds is 27. The Bertz CT molecular complexity index is 7100. The third-order valence-electron chi connectivity index (χ3n) is 20.7. The molecule has 16 rings (SSSR count). The molecular weight excluding hydrogens is 1910 g/mol. The fourth-order valence-corrected chi connectivity index (χ4v) is 12.7. The van der Waals surface area contributed by atoms with E-state index in [1.807, 2.05) is 205 Å². The normalized spacial score (nSPS) is 10.6. The molecule has 32 heteroatoms. The van der Waals surface area contributed by atoms with Gasteiger partial charge in [-0.25, -0.2) is 46.3 Å². The first-order valence-corrected chi connectivity index (χ1v) is 48.0. The molecule has 10 aromatic carbocycles. The number of nitriles is 2. The predicted molar refractivity (Wildman–Crippen MR) is 560 cm³/mol. The van der Waals surface area contributed by atoms with E-state index in [0.29, 0.717) is 92.5 Å². The summed E-state index contributed by atoms with van der Waals surface area (Å²) in [5.74, 6) is 11.2. The number of hydrogen-bond donors (Lipinski definition) is 0. The summed E-state index contributed by atoms with van der Waals surface area (Å²) in [6.07, 6.45) is 3.31. The van der Waals surface area contributed by atoms with Gasteiger partial charge in [-0.3, -0.25) is 0 Å². The number of halogens is 6. The first kappa shape index (κ1) is 116. The molecule has 0 saturated carbocycles. The van der Waals surface area contributed by atoms with Crippen LogP contribution in [-0.4, -0.2) is 86.4 Å². The van der Waals surface area contributed by atoms with Crippen LogP contribution in [0, 0.1) is 92.2 Å². The molecule has 0 aliphatic rings. The minimum atomic E-state index is -0.690. The summed E-state index contributed by atoms with van der Waals surface area (Å²) in [6, 6.07) is 72.1. The zero-order valence-corrected chi connectivity index (χ0v) is 87.9. The second-order valence-corrected chi connectivity index (χ2v) is 36.0. The van der Waals surface area contributed by atoms with Crippen LogP contribution < -0.4 is 52.1 Å². The first-order chi connectivity index (χ1) is 71.1. The molecule has 0 fully saturated rings. The minimum absolute atomic E-state index is 0.0744. The fourth-order valence-electron chi connectivity index (χ4n) is 12.7. The Morgan fingerprint density at radius 3 is 1.13 bits per heavy atom. The molecule has 0 aliphatic carbocycles. The lowest BCUT2D eigenvalue weighted by Gasteiger charge is -2.14. The quantitative estimate of drug-likeness (QED) is 0.0432. The van der Waals surface area contributed by atoms with Gasteiger partial charge in [0.2, 0.25) is 29.4 Å². The highest BCUT2D eigenvalue weighted by Crippen LogP contribution is 2.36. The van der Waals surface area contributed by atoms with Gasteiger partial charge < -0.3 is 52.1 Å². The topological polar surface area (TPSA) is 317 Å². The van der Waals surface area contributed by atoms with Gasteiger partial charge in [-0.15, -0.1) is 0 Å². The molecule has 0 amide bonds. The van der Waals surface area contributed by atoms with Gasteiger partial charge in [0.05, 0.1) is 62.2 Å².